The summed E-state index contributed by atoms with van der Waals surface area (Å²) in [6.45, 7) is 7.05. The number of nitrogens with zero attached hydrogens (tertiary/aromatic N) is 2. The van der Waals surface area contributed by atoms with Gasteiger partial charge < -0.3 is 5.32 Å². The summed E-state index contributed by atoms with van der Waals surface area (Å²) < 4.78 is 53.1. The summed E-state index contributed by atoms with van der Waals surface area (Å²) in [6, 6.07) is 2.42. The maximum absolute atomic E-state index is 13.8. The average Bonchev–Trinajstić information content (AvgIpc) is 2.54. The topological polar surface area (TPSA) is 69.7 Å². The van der Waals surface area contributed by atoms with Gasteiger partial charge in [-0.1, -0.05) is 6.92 Å². The van der Waals surface area contributed by atoms with Crippen molar-refractivity contribution >= 4 is 15.9 Å². The summed E-state index contributed by atoms with van der Waals surface area (Å²) in [7, 11) is -4.03. The fourth-order valence-electron chi connectivity index (χ4n) is 2.66. The van der Waals surface area contributed by atoms with Gasteiger partial charge in [-0.25, -0.2) is 17.2 Å². The Morgan fingerprint density at radius 3 is 2.35 bits per heavy atom. The van der Waals surface area contributed by atoms with Gasteiger partial charge in [0.15, 0.2) is 0 Å². The minimum atomic E-state index is -4.03. The highest BCUT2D eigenvalue weighted by atomic mass is 32.2. The number of rotatable bonds is 6. The molecule has 0 spiro atoms. The van der Waals surface area contributed by atoms with Crippen LogP contribution in [0, 0.1) is 11.6 Å². The molecule has 1 aliphatic rings. The normalized spacial score (nSPS) is 17.3. The van der Waals surface area contributed by atoms with Crippen LogP contribution < -0.4 is 5.32 Å². The molecule has 9 heteroatoms. The summed E-state index contributed by atoms with van der Waals surface area (Å²) in [6.07, 6.45) is 0.800. The van der Waals surface area contributed by atoms with Gasteiger partial charge in [0, 0.05) is 37.8 Å². The lowest BCUT2D eigenvalue weighted by atomic mass is 10.0. The van der Waals surface area contributed by atoms with Crippen LogP contribution in [0.4, 0.5) is 8.78 Å². The van der Waals surface area contributed by atoms with E-state index in [9.17, 15) is 22.0 Å². The Balaban J connectivity index is 1.96. The molecule has 0 aliphatic carbocycles. The Bertz CT molecular complexity index is 761. The van der Waals surface area contributed by atoms with E-state index in [-0.39, 0.29) is 31.1 Å². The third kappa shape index (κ3) is 4.99. The van der Waals surface area contributed by atoms with Gasteiger partial charge >= 0.3 is 0 Å². The number of hydrogen-bond donors (Lipinski definition) is 1. The first-order valence-electron chi connectivity index (χ1n) is 8.54. The quantitative estimate of drug-likeness (QED) is 0.802. The van der Waals surface area contributed by atoms with E-state index in [4.69, 9.17) is 0 Å². The van der Waals surface area contributed by atoms with E-state index in [1.54, 1.807) is 0 Å². The molecule has 0 bridgehead atoms. The van der Waals surface area contributed by atoms with E-state index in [1.165, 1.54) is 0 Å². The van der Waals surface area contributed by atoms with Crippen LogP contribution in [-0.2, 0) is 14.8 Å². The molecule has 1 aromatic carbocycles. The number of nitrogens with one attached hydrogen (secondary N) is 1. The predicted octanol–water partition coefficient (Wildman–Crippen LogP) is 1.58. The van der Waals surface area contributed by atoms with E-state index >= 15 is 0 Å². The SMILES string of the molecule is CCC(C)(C)NC(=O)CN1CCN(S(=O)(=O)c2ccc(F)cc2F)CC1. The smallest absolute Gasteiger partial charge is 0.246 e. The summed E-state index contributed by atoms with van der Waals surface area (Å²) >= 11 is 0. The Hall–Kier alpha value is -1.58. The average molecular weight is 389 g/mol. The molecule has 1 saturated heterocycles. The van der Waals surface area contributed by atoms with Crippen LogP contribution in [-0.4, -0.2) is 61.8 Å². The lowest BCUT2D eigenvalue weighted by molar-refractivity contribution is -0.124. The Labute approximate surface area is 153 Å². The molecule has 2 rings (SSSR count). The monoisotopic (exact) mass is 389 g/mol. The summed E-state index contributed by atoms with van der Waals surface area (Å²) in [5.41, 5.74) is -0.289. The van der Waals surface area contributed by atoms with Crippen molar-refractivity contribution in [2.45, 2.75) is 37.6 Å². The minimum Gasteiger partial charge on any atom is -0.350 e. The van der Waals surface area contributed by atoms with E-state index in [0.29, 0.717) is 19.2 Å². The van der Waals surface area contributed by atoms with Crippen LogP contribution in [0.25, 0.3) is 0 Å². The van der Waals surface area contributed by atoms with Gasteiger partial charge in [0.25, 0.3) is 0 Å². The Morgan fingerprint density at radius 1 is 1.19 bits per heavy atom. The predicted molar refractivity (Wildman–Crippen MR) is 94.1 cm³/mol. The third-order valence-corrected chi connectivity index (χ3v) is 6.50. The van der Waals surface area contributed by atoms with Crippen LogP contribution >= 0.6 is 0 Å². The maximum atomic E-state index is 13.8. The second-order valence-electron chi connectivity index (χ2n) is 7.04. The molecule has 0 saturated carbocycles. The molecule has 26 heavy (non-hydrogen) atoms. The van der Waals surface area contributed by atoms with Crippen LogP contribution in [0.1, 0.15) is 27.2 Å². The molecule has 0 radical (unpaired) electrons. The van der Waals surface area contributed by atoms with E-state index in [1.807, 2.05) is 25.7 Å². The number of sulfonamides is 1. The number of carbonyl (C=O) groups excluding carboxylic acids is 1. The fraction of sp³-hybridized carbons (Fsp3) is 0.588. The van der Waals surface area contributed by atoms with E-state index in [0.717, 1.165) is 22.9 Å². The summed E-state index contributed by atoms with van der Waals surface area (Å²) in [5.74, 6) is -2.04. The first-order chi connectivity index (χ1) is 12.0. The number of hydrogen-bond acceptors (Lipinski definition) is 4. The lowest BCUT2D eigenvalue weighted by Crippen LogP contribution is -2.53. The van der Waals surface area contributed by atoms with Crippen LogP contribution in [0.3, 0.4) is 0 Å². The van der Waals surface area contributed by atoms with Crippen LogP contribution in [0.2, 0.25) is 0 Å². The molecular formula is C17H25F2N3O3S. The molecule has 0 unspecified atom stereocenters. The van der Waals surface area contributed by atoms with Crippen molar-refractivity contribution in [2.24, 2.45) is 0 Å². The van der Waals surface area contributed by atoms with Crippen molar-refractivity contribution in [3.05, 3.63) is 29.8 Å². The second-order valence-corrected chi connectivity index (χ2v) is 8.95. The van der Waals surface area contributed by atoms with Gasteiger partial charge in [0.2, 0.25) is 15.9 Å². The van der Waals surface area contributed by atoms with Crippen LogP contribution in [0.15, 0.2) is 23.1 Å². The summed E-state index contributed by atoms with van der Waals surface area (Å²) in [5, 5.41) is 2.94. The van der Waals surface area contributed by atoms with Crippen molar-refractivity contribution in [2.75, 3.05) is 32.7 Å². The molecule has 1 fully saturated rings. The van der Waals surface area contributed by atoms with Crippen molar-refractivity contribution in [1.82, 2.24) is 14.5 Å². The van der Waals surface area contributed by atoms with Crippen molar-refractivity contribution in [3.63, 3.8) is 0 Å². The molecule has 146 valence electrons. The third-order valence-electron chi connectivity index (χ3n) is 4.57. The molecule has 1 heterocycles. The fourth-order valence-corrected chi connectivity index (χ4v) is 4.13. The molecule has 0 aromatic heterocycles. The van der Waals surface area contributed by atoms with Crippen molar-refractivity contribution in [3.8, 4) is 0 Å². The number of benzene rings is 1. The highest BCUT2D eigenvalue weighted by Gasteiger charge is 2.31. The van der Waals surface area contributed by atoms with Gasteiger partial charge in [0.1, 0.15) is 16.5 Å². The van der Waals surface area contributed by atoms with Gasteiger partial charge in [0.05, 0.1) is 6.54 Å². The Morgan fingerprint density at radius 2 is 1.81 bits per heavy atom. The molecule has 1 N–H and O–H groups in total. The molecule has 0 atom stereocenters. The van der Waals surface area contributed by atoms with Gasteiger partial charge in [-0.15, -0.1) is 0 Å². The zero-order valence-corrected chi connectivity index (χ0v) is 16.1. The van der Waals surface area contributed by atoms with Crippen molar-refractivity contribution in [1.29, 1.82) is 0 Å². The highest BCUT2D eigenvalue weighted by Crippen LogP contribution is 2.21. The first kappa shape index (κ1) is 20.7. The minimum absolute atomic E-state index is 0.113. The van der Waals surface area contributed by atoms with Gasteiger partial charge in [-0.2, -0.15) is 4.31 Å². The number of amides is 1. The number of carbonyl (C=O) groups is 1. The highest BCUT2D eigenvalue weighted by molar-refractivity contribution is 7.89. The summed E-state index contributed by atoms with van der Waals surface area (Å²) in [4.78, 5) is 13.4. The molecule has 6 nitrogen and oxygen atoms in total. The van der Waals surface area contributed by atoms with Gasteiger partial charge in [-0.3, -0.25) is 9.69 Å². The molecule has 1 aromatic rings. The zero-order chi connectivity index (χ0) is 19.5. The standard InChI is InChI=1S/C17H25F2N3O3S/c1-4-17(2,3)20-16(23)12-21-7-9-22(10-8-21)26(24,25)15-6-5-13(18)11-14(15)19/h5-6,11H,4,7-10,12H2,1-3H3,(H,20,23). The second kappa shape index (κ2) is 7.98. The largest absolute Gasteiger partial charge is 0.350 e. The van der Waals surface area contributed by atoms with Gasteiger partial charge in [-0.05, 0) is 32.4 Å². The first-order valence-corrected chi connectivity index (χ1v) is 9.98. The lowest BCUT2D eigenvalue weighted by Gasteiger charge is -2.34. The maximum Gasteiger partial charge on any atom is 0.246 e. The molecule has 1 amide bonds. The number of piperazine rings is 1. The van der Waals surface area contributed by atoms with E-state index in [2.05, 4.69) is 5.32 Å². The Kier molecular flexibility index (Phi) is 6.36. The molecular weight excluding hydrogens is 364 g/mol. The zero-order valence-electron chi connectivity index (χ0n) is 15.3. The van der Waals surface area contributed by atoms with Crippen molar-refractivity contribution < 1.29 is 22.0 Å². The number of halogens is 2. The van der Waals surface area contributed by atoms with Crippen LogP contribution in [0.5, 0.6) is 0 Å². The molecule has 1 aliphatic heterocycles. The van der Waals surface area contributed by atoms with E-state index < -0.39 is 26.6 Å².